The molecule has 1 fully saturated rings. The first-order valence-electron chi connectivity index (χ1n) is 7.44. The third kappa shape index (κ3) is 3.72. The van der Waals surface area contributed by atoms with Gasteiger partial charge in [0.05, 0.1) is 5.92 Å². The molecule has 1 N–H and O–H groups in total. The third-order valence-corrected chi connectivity index (χ3v) is 3.96. The monoisotopic (exact) mass is 305 g/mol. The van der Waals surface area contributed by atoms with E-state index in [0.717, 1.165) is 6.42 Å². The summed E-state index contributed by atoms with van der Waals surface area (Å²) >= 11 is 0. The van der Waals surface area contributed by atoms with Crippen LogP contribution in [0, 0.1) is 11.7 Å². The van der Waals surface area contributed by atoms with Gasteiger partial charge in [0.1, 0.15) is 5.82 Å². The van der Waals surface area contributed by atoms with Crippen LogP contribution in [0.4, 0.5) is 4.39 Å². The molecule has 0 unspecified atom stereocenters. The average molecular weight is 305 g/mol. The molecule has 0 bridgehead atoms. The Morgan fingerprint density at radius 3 is 2.77 bits per heavy atom. The van der Waals surface area contributed by atoms with E-state index in [1.165, 1.54) is 12.1 Å². The van der Waals surface area contributed by atoms with Crippen molar-refractivity contribution < 1.29 is 19.1 Å². The van der Waals surface area contributed by atoms with Gasteiger partial charge in [-0.15, -0.1) is 0 Å². The number of carboxylic acids is 1. The van der Waals surface area contributed by atoms with Gasteiger partial charge in [0.25, 0.3) is 0 Å². The van der Waals surface area contributed by atoms with Gasteiger partial charge in [0.15, 0.2) is 0 Å². The fourth-order valence-corrected chi connectivity index (χ4v) is 2.81. The zero-order chi connectivity index (χ0) is 16.1. The highest BCUT2D eigenvalue weighted by Crippen LogP contribution is 2.33. The summed E-state index contributed by atoms with van der Waals surface area (Å²) in [7, 11) is 0. The van der Waals surface area contributed by atoms with Crippen LogP contribution in [0.2, 0.25) is 0 Å². The topological polar surface area (TPSA) is 57.6 Å². The first-order valence-corrected chi connectivity index (χ1v) is 7.44. The Hall–Kier alpha value is -2.17. The van der Waals surface area contributed by atoms with Crippen LogP contribution in [-0.4, -0.2) is 35.0 Å². The second-order valence-electron chi connectivity index (χ2n) is 5.49. The maximum atomic E-state index is 13.4. The van der Waals surface area contributed by atoms with Crippen molar-refractivity contribution in [2.45, 2.75) is 25.7 Å². The minimum Gasteiger partial charge on any atom is -0.481 e. The molecular weight excluding hydrogens is 285 g/mol. The second-order valence-corrected chi connectivity index (χ2v) is 5.49. The smallest absolute Gasteiger partial charge is 0.308 e. The van der Waals surface area contributed by atoms with Crippen LogP contribution in [0.25, 0.3) is 0 Å². The Bertz CT molecular complexity index is 585. The number of halogens is 1. The zero-order valence-electron chi connectivity index (χ0n) is 12.5. The molecule has 1 heterocycles. The van der Waals surface area contributed by atoms with Gasteiger partial charge in [0, 0.05) is 25.4 Å². The number of hydrogen-bond acceptors (Lipinski definition) is 2. The predicted molar refractivity (Wildman–Crippen MR) is 80.9 cm³/mol. The maximum Gasteiger partial charge on any atom is 0.308 e. The molecule has 22 heavy (non-hydrogen) atoms. The molecule has 1 aliphatic rings. The molecule has 1 amide bonds. The van der Waals surface area contributed by atoms with Crippen molar-refractivity contribution in [3.05, 3.63) is 47.8 Å². The van der Waals surface area contributed by atoms with Gasteiger partial charge in [-0.25, -0.2) is 4.39 Å². The lowest BCUT2D eigenvalue weighted by molar-refractivity contribution is -0.141. The van der Waals surface area contributed by atoms with Crippen molar-refractivity contribution in [2.24, 2.45) is 5.92 Å². The highest BCUT2D eigenvalue weighted by Gasteiger charge is 2.40. The maximum absolute atomic E-state index is 13.4. The molecule has 1 aromatic carbocycles. The van der Waals surface area contributed by atoms with Crippen molar-refractivity contribution in [3.8, 4) is 0 Å². The Balaban J connectivity index is 2.14. The summed E-state index contributed by atoms with van der Waals surface area (Å²) in [6, 6.07) is 5.96. The molecule has 0 radical (unpaired) electrons. The van der Waals surface area contributed by atoms with E-state index in [9.17, 15) is 19.1 Å². The van der Waals surface area contributed by atoms with Crippen molar-refractivity contribution in [2.75, 3.05) is 13.1 Å². The largest absolute Gasteiger partial charge is 0.481 e. The van der Waals surface area contributed by atoms with E-state index in [1.807, 2.05) is 13.0 Å². The summed E-state index contributed by atoms with van der Waals surface area (Å²) in [4.78, 5) is 25.2. The Labute approximate surface area is 129 Å². The highest BCUT2D eigenvalue weighted by molar-refractivity contribution is 5.80. The van der Waals surface area contributed by atoms with E-state index in [1.54, 1.807) is 23.1 Å². The van der Waals surface area contributed by atoms with Gasteiger partial charge in [-0.05, 0) is 24.1 Å². The molecule has 0 aliphatic carbocycles. The number of carboxylic acid groups (broad SMARTS) is 1. The number of allylic oxidation sites excluding steroid dienone is 1. The van der Waals surface area contributed by atoms with Crippen LogP contribution >= 0.6 is 0 Å². The SMILES string of the molecule is CCC=CCC(=O)N1C[C@@H](C(=O)O)[C@H](c2cccc(F)c2)C1. The lowest BCUT2D eigenvalue weighted by atomic mass is 9.89. The van der Waals surface area contributed by atoms with E-state index in [0.29, 0.717) is 12.1 Å². The number of nitrogens with zero attached hydrogens (tertiary/aromatic N) is 1. The number of benzene rings is 1. The van der Waals surface area contributed by atoms with E-state index in [-0.39, 0.29) is 24.8 Å². The minimum atomic E-state index is -0.950. The summed E-state index contributed by atoms with van der Waals surface area (Å²) in [5.41, 5.74) is 0.631. The van der Waals surface area contributed by atoms with Gasteiger partial charge in [-0.3, -0.25) is 9.59 Å². The number of hydrogen-bond donors (Lipinski definition) is 1. The molecule has 118 valence electrons. The molecular formula is C17H20FNO3. The first-order chi connectivity index (χ1) is 10.5. The lowest BCUT2D eigenvalue weighted by Crippen LogP contribution is -2.29. The van der Waals surface area contributed by atoms with E-state index in [2.05, 4.69) is 0 Å². The number of likely N-dealkylation sites (tertiary alicyclic amines) is 1. The normalized spacial score (nSPS) is 21.5. The molecule has 1 saturated heterocycles. The van der Waals surface area contributed by atoms with Crippen LogP contribution in [0.5, 0.6) is 0 Å². The van der Waals surface area contributed by atoms with E-state index in [4.69, 9.17) is 0 Å². The molecule has 1 aliphatic heterocycles. The lowest BCUT2D eigenvalue weighted by Gasteiger charge is -2.16. The number of carbonyl (C=O) groups is 2. The molecule has 0 aromatic heterocycles. The molecule has 0 spiro atoms. The van der Waals surface area contributed by atoms with Crippen molar-refractivity contribution in [1.29, 1.82) is 0 Å². The molecule has 4 nitrogen and oxygen atoms in total. The minimum absolute atomic E-state index is 0.0881. The fraction of sp³-hybridized carbons (Fsp3) is 0.412. The summed E-state index contributed by atoms with van der Waals surface area (Å²) in [6.07, 6.45) is 4.84. The van der Waals surface area contributed by atoms with Gasteiger partial charge in [0.2, 0.25) is 5.91 Å². The third-order valence-electron chi connectivity index (χ3n) is 3.96. The van der Waals surface area contributed by atoms with Crippen molar-refractivity contribution in [1.82, 2.24) is 4.90 Å². The van der Waals surface area contributed by atoms with Crippen molar-refractivity contribution >= 4 is 11.9 Å². The number of amides is 1. The average Bonchev–Trinajstić information content (AvgIpc) is 2.93. The molecule has 1 aromatic rings. The molecule has 2 rings (SSSR count). The van der Waals surface area contributed by atoms with E-state index < -0.39 is 17.7 Å². The summed E-state index contributed by atoms with van der Waals surface area (Å²) in [5, 5.41) is 9.38. The Morgan fingerprint density at radius 2 is 2.14 bits per heavy atom. The van der Waals surface area contributed by atoms with Gasteiger partial charge in [-0.1, -0.05) is 31.2 Å². The Kier molecular flexibility index (Phi) is 5.31. The summed E-state index contributed by atoms with van der Waals surface area (Å²) in [6.45, 7) is 2.48. The molecule has 0 saturated carbocycles. The van der Waals surface area contributed by atoms with Crippen LogP contribution in [0.1, 0.15) is 31.2 Å². The Morgan fingerprint density at radius 1 is 1.36 bits per heavy atom. The number of carbonyl (C=O) groups excluding carboxylic acids is 1. The molecule has 5 heteroatoms. The van der Waals surface area contributed by atoms with Gasteiger partial charge in [-0.2, -0.15) is 0 Å². The highest BCUT2D eigenvalue weighted by atomic mass is 19.1. The standard InChI is InChI=1S/C17H20FNO3/c1-2-3-4-8-16(20)19-10-14(15(11-19)17(21)22)12-6-5-7-13(18)9-12/h3-7,9,14-15H,2,8,10-11H2,1H3,(H,21,22)/t14-,15+/m0/s1. The summed E-state index contributed by atoms with van der Waals surface area (Å²) in [5.74, 6) is -2.49. The number of rotatable bonds is 5. The van der Waals surface area contributed by atoms with Crippen LogP contribution in [-0.2, 0) is 9.59 Å². The second kappa shape index (κ2) is 7.20. The van der Waals surface area contributed by atoms with Gasteiger partial charge < -0.3 is 10.0 Å². The fourth-order valence-electron chi connectivity index (χ4n) is 2.81. The van der Waals surface area contributed by atoms with Gasteiger partial charge >= 0.3 is 5.97 Å². The molecule has 2 atom stereocenters. The quantitative estimate of drug-likeness (QED) is 0.851. The first kappa shape index (κ1) is 16.2. The van der Waals surface area contributed by atoms with Crippen molar-refractivity contribution in [3.63, 3.8) is 0 Å². The van der Waals surface area contributed by atoms with Crippen LogP contribution < -0.4 is 0 Å². The summed E-state index contributed by atoms with van der Waals surface area (Å²) < 4.78 is 13.4. The predicted octanol–water partition coefficient (Wildman–Crippen LogP) is 2.81. The van der Waals surface area contributed by atoms with Crippen LogP contribution in [0.3, 0.4) is 0 Å². The van der Waals surface area contributed by atoms with E-state index >= 15 is 0 Å². The number of aliphatic carboxylic acids is 1. The zero-order valence-corrected chi connectivity index (χ0v) is 12.5. The van der Waals surface area contributed by atoms with Crippen LogP contribution in [0.15, 0.2) is 36.4 Å².